The monoisotopic (exact) mass is 360 g/mol. The second-order valence-corrected chi connectivity index (χ2v) is 6.94. The second-order valence-electron chi connectivity index (χ2n) is 4.40. The van der Waals surface area contributed by atoms with Gasteiger partial charge in [0.2, 0.25) is 10.0 Å². The van der Waals surface area contributed by atoms with Gasteiger partial charge in [0, 0.05) is 12.7 Å². The summed E-state index contributed by atoms with van der Waals surface area (Å²) >= 11 is 11.5. The van der Waals surface area contributed by atoms with Crippen molar-refractivity contribution < 1.29 is 13.2 Å². The molecule has 2 aromatic rings. The molecular formula is C14H14Cl2N2O3S. The molecule has 0 bridgehead atoms. The molecule has 0 amide bonds. The number of ether oxygens (including phenoxy) is 1. The van der Waals surface area contributed by atoms with E-state index < -0.39 is 10.0 Å². The Labute approximate surface area is 139 Å². The van der Waals surface area contributed by atoms with E-state index in [4.69, 9.17) is 27.9 Å². The second kappa shape index (κ2) is 7.28. The van der Waals surface area contributed by atoms with E-state index in [1.807, 2.05) is 24.3 Å². The molecule has 1 heterocycles. The topological polar surface area (TPSA) is 68.3 Å². The van der Waals surface area contributed by atoms with Gasteiger partial charge in [-0.15, -0.1) is 0 Å². The summed E-state index contributed by atoms with van der Waals surface area (Å²) in [6.45, 7) is 0.225. The minimum atomic E-state index is -3.69. The molecule has 0 fully saturated rings. The Morgan fingerprint density at radius 2 is 2.00 bits per heavy atom. The number of nitrogens with one attached hydrogen (secondary N) is 1. The van der Waals surface area contributed by atoms with Crippen LogP contribution in [0.15, 0.2) is 41.4 Å². The number of halogens is 2. The van der Waals surface area contributed by atoms with Crippen LogP contribution in [-0.4, -0.2) is 27.1 Å². The number of hydrogen-bond donors (Lipinski definition) is 1. The largest absolute Gasteiger partial charge is 0.496 e. The molecule has 0 radical (unpaired) electrons. The maximum absolute atomic E-state index is 12.2. The van der Waals surface area contributed by atoms with Crippen LogP contribution in [0.2, 0.25) is 10.2 Å². The van der Waals surface area contributed by atoms with Gasteiger partial charge in [0.1, 0.15) is 15.8 Å². The smallest absolute Gasteiger partial charge is 0.242 e. The minimum Gasteiger partial charge on any atom is -0.496 e. The van der Waals surface area contributed by atoms with Gasteiger partial charge >= 0.3 is 0 Å². The Morgan fingerprint density at radius 1 is 1.27 bits per heavy atom. The van der Waals surface area contributed by atoms with Gasteiger partial charge in [-0.3, -0.25) is 0 Å². The molecule has 1 aromatic heterocycles. The Kier molecular flexibility index (Phi) is 5.63. The van der Waals surface area contributed by atoms with Crippen molar-refractivity contribution in [2.45, 2.75) is 11.3 Å². The molecule has 0 atom stereocenters. The van der Waals surface area contributed by atoms with Gasteiger partial charge < -0.3 is 4.74 Å². The molecule has 0 aliphatic carbocycles. The van der Waals surface area contributed by atoms with Gasteiger partial charge in [0.25, 0.3) is 0 Å². The molecule has 22 heavy (non-hydrogen) atoms. The van der Waals surface area contributed by atoms with E-state index in [0.717, 1.165) is 11.3 Å². The van der Waals surface area contributed by atoms with Crippen molar-refractivity contribution in [3.63, 3.8) is 0 Å². The van der Waals surface area contributed by atoms with Crippen molar-refractivity contribution >= 4 is 33.2 Å². The van der Waals surface area contributed by atoms with E-state index in [1.165, 1.54) is 12.3 Å². The third kappa shape index (κ3) is 4.10. The van der Waals surface area contributed by atoms with Gasteiger partial charge in [0.15, 0.2) is 0 Å². The Bertz CT molecular complexity index is 766. The first-order chi connectivity index (χ1) is 10.4. The summed E-state index contributed by atoms with van der Waals surface area (Å²) in [5.74, 6) is 0.720. The molecule has 0 aliphatic heterocycles. The maximum atomic E-state index is 12.2. The predicted molar refractivity (Wildman–Crippen MR) is 86.1 cm³/mol. The summed E-state index contributed by atoms with van der Waals surface area (Å²) in [6.07, 6.45) is 1.66. The number of aromatic nitrogens is 1. The lowest BCUT2D eigenvalue weighted by Crippen LogP contribution is -2.26. The van der Waals surface area contributed by atoms with Crippen molar-refractivity contribution in [3.8, 4) is 5.75 Å². The number of sulfonamides is 1. The summed E-state index contributed by atoms with van der Waals surface area (Å²) in [5, 5.41) is 0.156. The van der Waals surface area contributed by atoms with Crippen LogP contribution in [0.4, 0.5) is 0 Å². The highest BCUT2D eigenvalue weighted by Gasteiger charge is 2.16. The average molecular weight is 361 g/mol. The fourth-order valence-electron chi connectivity index (χ4n) is 1.86. The summed E-state index contributed by atoms with van der Waals surface area (Å²) < 4.78 is 32.0. The highest BCUT2D eigenvalue weighted by molar-refractivity contribution is 7.89. The van der Waals surface area contributed by atoms with E-state index in [9.17, 15) is 8.42 Å². The van der Waals surface area contributed by atoms with E-state index in [0.29, 0.717) is 6.42 Å². The highest BCUT2D eigenvalue weighted by atomic mass is 35.5. The highest BCUT2D eigenvalue weighted by Crippen LogP contribution is 2.22. The number of methoxy groups -OCH3 is 1. The lowest BCUT2D eigenvalue weighted by molar-refractivity contribution is 0.409. The molecule has 0 unspecified atom stereocenters. The van der Waals surface area contributed by atoms with Gasteiger partial charge in [-0.05, 0) is 24.1 Å². The van der Waals surface area contributed by atoms with Gasteiger partial charge in [0.05, 0.1) is 12.1 Å². The maximum Gasteiger partial charge on any atom is 0.242 e. The first-order valence-electron chi connectivity index (χ1n) is 6.36. The summed E-state index contributed by atoms with van der Waals surface area (Å²) in [4.78, 5) is 3.71. The number of hydrogen-bond acceptors (Lipinski definition) is 4. The number of pyridine rings is 1. The van der Waals surface area contributed by atoms with E-state index >= 15 is 0 Å². The van der Waals surface area contributed by atoms with E-state index in [-0.39, 0.29) is 21.6 Å². The zero-order chi connectivity index (χ0) is 16.2. The summed E-state index contributed by atoms with van der Waals surface area (Å²) in [6, 6.07) is 8.70. The number of para-hydroxylation sites is 1. The van der Waals surface area contributed by atoms with Crippen LogP contribution in [0.25, 0.3) is 0 Å². The number of benzene rings is 1. The molecule has 0 saturated carbocycles. The van der Waals surface area contributed by atoms with Crippen molar-refractivity contribution in [2.75, 3.05) is 13.7 Å². The first-order valence-corrected chi connectivity index (χ1v) is 8.60. The quantitative estimate of drug-likeness (QED) is 0.804. The van der Waals surface area contributed by atoms with Crippen LogP contribution in [0, 0.1) is 0 Å². The Hall–Kier alpha value is -1.34. The predicted octanol–water partition coefficient (Wildman–Crippen LogP) is 2.92. The fourth-order valence-corrected chi connectivity index (χ4v) is 3.20. The summed E-state index contributed by atoms with van der Waals surface area (Å²) in [5.41, 5.74) is 0.917. The Balaban J connectivity index is 2.05. The molecule has 0 saturated heterocycles. The standard InChI is InChI=1S/C14H14Cl2N2O3S/c1-21-13-5-3-2-4-10(13)6-7-18-22(19,20)11-8-12(15)14(16)17-9-11/h2-5,8-9,18H,6-7H2,1H3. The average Bonchev–Trinajstić information content (AvgIpc) is 2.50. The molecule has 118 valence electrons. The summed E-state index contributed by atoms with van der Waals surface area (Å²) in [7, 11) is -2.11. The molecule has 1 N–H and O–H groups in total. The number of rotatable bonds is 6. The molecule has 0 spiro atoms. The van der Waals surface area contributed by atoms with Crippen molar-refractivity contribution in [3.05, 3.63) is 52.3 Å². The molecule has 8 heteroatoms. The molecule has 2 rings (SSSR count). The van der Waals surface area contributed by atoms with Crippen molar-refractivity contribution in [1.29, 1.82) is 0 Å². The molecule has 0 aliphatic rings. The van der Waals surface area contributed by atoms with Crippen LogP contribution < -0.4 is 9.46 Å². The third-order valence-corrected chi connectivity index (χ3v) is 5.07. The zero-order valence-electron chi connectivity index (χ0n) is 11.7. The van der Waals surface area contributed by atoms with Crippen LogP contribution >= 0.6 is 23.2 Å². The van der Waals surface area contributed by atoms with Gasteiger partial charge in [-0.1, -0.05) is 41.4 Å². The SMILES string of the molecule is COc1ccccc1CCNS(=O)(=O)c1cnc(Cl)c(Cl)c1. The Morgan fingerprint density at radius 3 is 2.68 bits per heavy atom. The van der Waals surface area contributed by atoms with Crippen LogP contribution in [0.3, 0.4) is 0 Å². The zero-order valence-corrected chi connectivity index (χ0v) is 14.0. The van der Waals surface area contributed by atoms with Gasteiger partial charge in [-0.25, -0.2) is 18.1 Å². The fraction of sp³-hybridized carbons (Fsp3) is 0.214. The van der Waals surface area contributed by atoms with Crippen molar-refractivity contribution in [2.24, 2.45) is 0 Å². The van der Waals surface area contributed by atoms with Crippen LogP contribution in [0.1, 0.15) is 5.56 Å². The lowest BCUT2D eigenvalue weighted by atomic mass is 10.1. The third-order valence-electron chi connectivity index (χ3n) is 2.96. The minimum absolute atomic E-state index is 0.0260. The number of nitrogens with zero attached hydrogens (tertiary/aromatic N) is 1. The van der Waals surface area contributed by atoms with Crippen LogP contribution in [-0.2, 0) is 16.4 Å². The normalized spacial score (nSPS) is 11.4. The molecule has 5 nitrogen and oxygen atoms in total. The lowest BCUT2D eigenvalue weighted by Gasteiger charge is -2.10. The first kappa shape index (κ1) is 17.0. The van der Waals surface area contributed by atoms with E-state index in [1.54, 1.807) is 7.11 Å². The van der Waals surface area contributed by atoms with Gasteiger partial charge in [-0.2, -0.15) is 0 Å². The molecule has 1 aromatic carbocycles. The van der Waals surface area contributed by atoms with Crippen molar-refractivity contribution in [1.82, 2.24) is 9.71 Å². The van der Waals surface area contributed by atoms with E-state index in [2.05, 4.69) is 9.71 Å². The molecular weight excluding hydrogens is 347 g/mol. The van der Waals surface area contributed by atoms with Crippen LogP contribution in [0.5, 0.6) is 5.75 Å².